The summed E-state index contributed by atoms with van der Waals surface area (Å²) in [5, 5.41) is 8.03. The molecule has 20 heavy (non-hydrogen) atoms. The number of hydrogen-bond donors (Lipinski definition) is 2. The average molecular weight is 317 g/mol. The quantitative estimate of drug-likeness (QED) is 0.843. The molecule has 3 nitrogen and oxygen atoms in total. The van der Waals surface area contributed by atoms with Gasteiger partial charge in [-0.2, -0.15) is 0 Å². The van der Waals surface area contributed by atoms with Gasteiger partial charge in [-0.3, -0.25) is 0 Å². The molecule has 0 aromatic heterocycles. The van der Waals surface area contributed by atoms with E-state index >= 15 is 0 Å². The van der Waals surface area contributed by atoms with Gasteiger partial charge in [0.05, 0.1) is 16.7 Å². The van der Waals surface area contributed by atoms with Crippen LogP contribution < -0.4 is 15.4 Å². The average Bonchev–Trinajstić information content (AvgIpc) is 2.44. The first kappa shape index (κ1) is 15.9. The number of ether oxygens (including phenoxy) is 1. The van der Waals surface area contributed by atoms with Crippen LogP contribution in [0.4, 0.5) is 0 Å². The first-order valence-electron chi connectivity index (χ1n) is 7.23. The van der Waals surface area contributed by atoms with Crippen LogP contribution in [0, 0.1) is 5.92 Å². The van der Waals surface area contributed by atoms with Gasteiger partial charge in [-0.1, -0.05) is 23.2 Å². The highest BCUT2D eigenvalue weighted by atomic mass is 35.5. The summed E-state index contributed by atoms with van der Waals surface area (Å²) in [6.45, 7) is 6.58. The largest absolute Gasteiger partial charge is 0.491 e. The van der Waals surface area contributed by atoms with Crippen molar-refractivity contribution in [1.29, 1.82) is 0 Å². The Hall–Kier alpha value is -0.480. The van der Waals surface area contributed by atoms with Crippen molar-refractivity contribution < 1.29 is 4.74 Å². The van der Waals surface area contributed by atoms with Gasteiger partial charge in [0, 0.05) is 6.54 Å². The lowest BCUT2D eigenvalue weighted by Crippen LogP contribution is -2.33. The molecule has 0 aliphatic carbocycles. The molecule has 0 spiro atoms. The van der Waals surface area contributed by atoms with Gasteiger partial charge in [-0.25, -0.2) is 0 Å². The highest BCUT2D eigenvalue weighted by Crippen LogP contribution is 2.34. The maximum atomic E-state index is 6.20. The number of hydrogen-bond acceptors (Lipinski definition) is 3. The minimum absolute atomic E-state index is 0.562. The van der Waals surface area contributed by atoms with Crippen molar-refractivity contribution in [2.24, 2.45) is 5.92 Å². The predicted molar refractivity (Wildman–Crippen MR) is 84.9 cm³/mol. The molecule has 1 aromatic rings. The lowest BCUT2D eigenvalue weighted by Gasteiger charge is -2.22. The Kier molecular flexibility index (Phi) is 6.43. The number of rotatable bonds is 6. The molecule has 112 valence electrons. The van der Waals surface area contributed by atoms with Crippen LogP contribution in [-0.4, -0.2) is 26.2 Å². The highest BCUT2D eigenvalue weighted by Gasteiger charge is 2.13. The molecule has 1 aliphatic rings. The molecule has 0 unspecified atom stereocenters. The van der Waals surface area contributed by atoms with E-state index in [1.165, 1.54) is 12.8 Å². The van der Waals surface area contributed by atoms with Crippen molar-refractivity contribution in [1.82, 2.24) is 10.6 Å². The van der Waals surface area contributed by atoms with E-state index in [0.29, 0.717) is 22.4 Å². The number of benzene rings is 1. The van der Waals surface area contributed by atoms with E-state index in [-0.39, 0.29) is 0 Å². The fraction of sp³-hybridized carbons (Fsp3) is 0.600. The first-order chi connectivity index (χ1) is 9.70. The molecule has 1 aromatic carbocycles. The lowest BCUT2D eigenvalue weighted by atomic mass is 9.98. The molecule has 5 heteroatoms. The van der Waals surface area contributed by atoms with E-state index in [0.717, 1.165) is 37.7 Å². The van der Waals surface area contributed by atoms with Gasteiger partial charge in [0.15, 0.2) is 5.75 Å². The van der Waals surface area contributed by atoms with Gasteiger partial charge >= 0.3 is 0 Å². The van der Waals surface area contributed by atoms with Crippen molar-refractivity contribution in [3.63, 3.8) is 0 Å². The molecule has 0 amide bonds. The van der Waals surface area contributed by atoms with Gasteiger partial charge in [0.1, 0.15) is 0 Å². The van der Waals surface area contributed by atoms with E-state index < -0.39 is 0 Å². The van der Waals surface area contributed by atoms with Crippen molar-refractivity contribution in [2.75, 3.05) is 26.2 Å². The van der Waals surface area contributed by atoms with Gasteiger partial charge in [-0.05, 0) is 63.0 Å². The fourth-order valence-electron chi connectivity index (χ4n) is 2.50. The normalized spacial score (nSPS) is 16.4. The summed E-state index contributed by atoms with van der Waals surface area (Å²) in [6.07, 6.45) is 2.50. The topological polar surface area (TPSA) is 33.3 Å². The van der Waals surface area contributed by atoms with Gasteiger partial charge in [0.2, 0.25) is 0 Å². The molecule has 1 saturated heterocycles. The van der Waals surface area contributed by atoms with Crippen LogP contribution >= 0.6 is 23.2 Å². The van der Waals surface area contributed by atoms with Gasteiger partial charge in [-0.15, -0.1) is 0 Å². The van der Waals surface area contributed by atoms with Crippen LogP contribution in [0.2, 0.25) is 10.0 Å². The Morgan fingerprint density at radius 1 is 1.25 bits per heavy atom. The zero-order chi connectivity index (χ0) is 14.4. The molecule has 1 heterocycles. The zero-order valence-electron chi connectivity index (χ0n) is 11.8. The molecular formula is C15H22Cl2N2O. The molecule has 0 atom stereocenters. The summed E-state index contributed by atoms with van der Waals surface area (Å²) in [4.78, 5) is 0. The standard InChI is InChI=1S/C15H22Cl2N2O/c1-2-20-15-13(16)7-12(8-14(15)17)10-19-9-11-3-5-18-6-4-11/h7-8,11,18-19H,2-6,9-10H2,1H3. The molecule has 0 bridgehead atoms. The molecule has 0 saturated carbocycles. The molecule has 2 N–H and O–H groups in total. The van der Waals surface area contributed by atoms with Crippen molar-refractivity contribution in [2.45, 2.75) is 26.3 Å². The Labute approximate surface area is 131 Å². The second kappa shape index (κ2) is 8.08. The van der Waals surface area contributed by atoms with E-state index in [1.54, 1.807) is 0 Å². The summed E-state index contributed by atoms with van der Waals surface area (Å²) in [6, 6.07) is 3.85. The van der Waals surface area contributed by atoms with Gasteiger partial charge in [0.25, 0.3) is 0 Å². The van der Waals surface area contributed by atoms with E-state index in [2.05, 4.69) is 10.6 Å². The van der Waals surface area contributed by atoms with Crippen molar-refractivity contribution in [3.8, 4) is 5.75 Å². The van der Waals surface area contributed by atoms with E-state index in [1.807, 2.05) is 19.1 Å². The zero-order valence-corrected chi connectivity index (χ0v) is 13.4. The molecular weight excluding hydrogens is 295 g/mol. The summed E-state index contributed by atoms with van der Waals surface area (Å²) in [5.74, 6) is 1.35. The highest BCUT2D eigenvalue weighted by molar-refractivity contribution is 6.37. The third-order valence-corrected chi connectivity index (χ3v) is 4.13. The Balaban J connectivity index is 1.86. The third kappa shape index (κ3) is 4.52. The fourth-order valence-corrected chi connectivity index (χ4v) is 3.14. The van der Waals surface area contributed by atoms with Crippen LogP contribution in [0.5, 0.6) is 5.75 Å². The predicted octanol–water partition coefficient (Wildman–Crippen LogP) is 3.48. The summed E-state index contributed by atoms with van der Waals surface area (Å²) in [5.41, 5.74) is 1.09. The Morgan fingerprint density at radius 3 is 2.50 bits per heavy atom. The molecule has 1 aliphatic heterocycles. The van der Waals surface area contributed by atoms with Crippen molar-refractivity contribution >= 4 is 23.2 Å². The van der Waals surface area contributed by atoms with Gasteiger partial charge < -0.3 is 15.4 Å². The molecule has 0 radical (unpaired) electrons. The number of piperidine rings is 1. The molecule has 2 rings (SSSR count). The summed E-state index contributed by atoms with van der Waals surface area (Å²) in [7, 11) is 0. The third-order valence-electron chi connectivity index (χ3n) is 3.57. The van der Waals surface area contributed by atoms with E-state index in [4.69, 9.17) is 27.9 Å². The van der Waals surface area contributed by atoms with Crippen LogP contribution in [0.25, 0.3) is 0 Å². The van der Waals surface area contributed by atoms with E-state index in [9.17, 15) is 0 Å². The Bertz CT molecular complexity index is 411. The SMILES string of the molecule is CCOc1c(Cl)cc(CNCC2CCNCC2)cc1Cl. The summed E-state index contributed by atoms with van der Waals surface area (Å²) < 4.78 is 5.43. The number of nitrogens with one attached hydrogen (secondary N) is 2. The first-order valence-corrected chi connectivity index (χ1v) is 7.98. The molecule has 1 fully saturated rings. The smallest absolute Gasteiger partial charge is 0.156 e. The Morgan fingerprint density at radius 2 is 1.90 bits per heavy atom. The van der Waals surface area contributed by atoms with Crippen LogP contribution in [-0.2, 0) is 6.54 Å². The minimum Gasteiger partial charge on any atom is -0.491 e. The second-order valence-corrected chi connectivity index (χ2v) is 5.96. The maximum absolute atomic E-state index is 6.20. The minimum atomic E-state index is 0.562. The second-order valence-electron chi connectivity index (χ2n) is 5.15. The summed E-state index contributed by atoms with van der Waals surface area (Å²) >= 11 is 12.4. The monoisotopic (exact) mass is 316 g/mol. The lowest BCUT2D eigenvalue weighted by molar-refractivity contribution is 0.340. The van der Waals surface area contributed by atoms with Crippen LogP contribution in [0.3, 0.4) is 0 Å². The number of halogens is 2. The van der Waals surface area contributed by atoms with Crippen molar-refractivity contribution in [3.05, 3.63) is 27.7 Å². The van der Waals surface area contributed by atoms with Crippen LogP contribution in [0.1, 0.15) is 25.3 Å². The van der Waals surface area contributed by atoms with Crippen LogP contribution in [0.15, 0.2) is 12.1 Å². The maximum Gasteiger partial charge on any atom is 0.156 e.